The van der Waals surface area contributed by atoms with Crippen LogP contribution in [0.4, 0.5) is 11.6 Å². The number of rotatable bonds is 4. The number of nitrogens with two attached hydrogens (primary N) is 1. The van der Waals surface area contributed by atoms with Crippen molar-refractivity contribution in [2.24, 2.45) is 0 Å². The predicted molar refractivity (Wildman–Crippen MR) is 77.6 cm³/mol. The summed E-state index contributed by atoms with van der Waals surface area (Å²) in [6, 6.07) is 7.00. The third-order valence-electron chi connectivity index (χ3n) is 2.78. The van der Waals surface area contributed by atoms with Gasteiger partial charge in [-0.25, -0.2) is 0 Å². The maximum atomic E-state index is 11.8. The van der Waals surface area contributed by atoms with E-state index >= 15 is 0 Å². The Morgan fingerprint density at radius 1 is 1.29 bits per heavy atom. The maximum Gasteiger partial charge on any atom is 0.293 e. The van der Waals surface area contributed by atoms with Crippen LogP contribution in [0, 0.1) is 0 Å². The summed E-state index contributed by atoms with van der Waals surface area (Å²) < 4.78 is 0. The molecule has 4 N–H and O–H groups in total. The summed E-state index contributed by atoms with van der Waals surface area (Å²) in [5.41, 5.74) is 6.80. The Balaban J connectivity index is 1.99. The fourth-order valence-electron chi connectivity index (χ4n) is 1.61. The molecule has 1 heterocycles. The Hall–Kier alpha value is -2.90. The molecule has 0 spiro atoms. The predicted octanol–water partition coefficient (Wildman–Crippen LogP) is 0.270. The Bertz CT molecular complexity index is 647. The quantitative estimate of drug-likeness (QED) is 0.746. The number of amides is 2. The first-order valence-corrected chi connectivity index (χ1v) is 6.24. The minimum absolute atomic E-state index is 0.0118. The average molecular weight is 288 g/mol. The molecule has 0 saturated carbocycles. The topological polar surface area (TPSA) is 117 Å². The zero-order valence-corrected chi connectivity index (χ0v) is 11.8. The molecule has 0 atom stereocenters. The second-order valence-corrected chi connectivity index (χ2v) is 4.66. The molecule has 0 aliphatic rings. The van der Waals surface area contributed by atoms with Crippen molar-refractivity contribution in [1.29, 1.82) is 0 Å². The van der Waals surface area contributed by atoms with Gasteiger partial charge in [0.15, 0.2) is 0 Å². The molecule has 1 aromatic heterocycles. The van der Waals surface area contributed by atoms with Gasteiger partial charge < -0.3 is 16.0 Å². The lowest BCUT2D eigenvalue weighted by Crippen LogP contribution is -2.23. The van der Waals surface area contributed by atoms with Crippen molar-refractivity contribution in [2.75, 3.05) is 25.1 Å². The summed E-state index contributed by atoms with van der Waals surface area (Å²) in [7, 11) is 3.42. The van der Waals surface area contributed by atoms with Gasteiger partial charge in [0, 0.05) is 19.8 Å². The van der Waals surface area contributed by atoms with Crippen LogP contribution in [0.15, 0.2) is 24.3 Å². The first-order chi connectivity index (χ1) is 9.95. The molecule has 8 heteroatoms. The van der Waals surface area contributed by atoms with E-state index < -0.39 is 5.91 Å². The fraction of sp³-hybridized carbons (Fsp3) is 0.231. The molecule has 0 unspecified atom stereocenters. The van der Waals surface area contributed by atoms with Gasteiger partial charge in [-0.05, 0) is 17.7 Å². The number of hydrogen-bond donors (Lipinski definition) is 3. The largest absolute Gasteiger partial charge is 0.366 e. The fourth-order valence-corrected chi connectivity index (χ4v) is 1.61. The van der Waals surface area contributed by atoms with E-state index in [0.29, 0.717) is 12.1 Å². The van der Waals surface area contributed by atoms with Crippen LogP contribution in [-0.2, 0) is 11.2 Å². The van der Waals surface area contributed by atoms with Crippen LogP contribution in [-0.4, -0.2) is 46.0 Å². The molecule has 0 bridgehead atoms. The number of hydrogen-bond acceptors (Lipinski definition) is 5. The summed E-state index contributed by atoms with van der Waals surface area (Å²) in [5.74, 6) is -0.364. The zero-order chi connectivity index (χ0) is 15.4. The lowest BCUT2D eigenvalue weighted by Gasteiger charge is -2.10. The van der Waals surface area contributed by atoms with E-state index in [-0.39, 0.29) is 17.7 Å². The second kappa shape index (κ2) is 6.04. The Kier molecular flexibility index (Phi) is 4.17. The number of H-pyrrole nitrogens is 1. The van der Waals surface area contributed by atoms with Gasteiger partial charge in [0.1, 0.15) is 0 Å². The highest BCUT2D eigenvalue weighted by atomic mass is 16.2. The van der Waals surface area contributed by atoms with E-state index in [0.717, 1.165) is 5.56 Å². The van der Waals surface area contributed by atoms with E-state index in [1.807, 2.05) is 0 Å². The number of nitrogen functional groups attached to an aromatic ring is 1. The van der Waals surface area contributed by atoms with Crippen LogP contribution < -0.4 is 11.1 Å². The number of nitrogens with zero attached hydrogens (tertiary/aromatic N) is 3. The molecule has 0 radical (unpaired) electrons. The molecule has 0 aliphatic heterocycles. The molecule has 2 aromatic rings. The van der Waals surface area contributed by atoms with Crippen molar-refractivity contribution in [3.05, 3.63) is 35.7 Å². The molecule has 2 rings (SSSR count). The molecule has 110 valence electrons. The van der Waals surface area contributed by atoms with Crippen LogP contribution in [0.1, 0.15) is 16.2 Å². The summed E-state index contributed by atoms with van der Waals surface area (Å²) in [4.78, 5) is 28.7. The monoisotopic (exact) mass is 288 g/mol. The van der Waals surface area contributed by atoms with Gasteiger partial charge in [0.05, 0.1) is 6.42 Å². The van der Waals surface area contributed by atoms with Crippen LogP contribution in [0.5, 0.6) is 0 Å². The van der Waals surface area contributed by atoms with Crippen LogP contribution in [0.2, 0.25) is 0 Å². The van der Waals surface area contributed by atoms with Crippen molar-refractivity contribution < 1.29 is 9.59 Å². The van der Waals surface area contributed by atoms with Gasteiger partial charge in [0.25, 0.3) is 5.91 Å². The third kappa shape index (κ3) is 3.78. The second-order valence-electron chi connectivity index (χ2n) is 4.66. The molecule has 2 amide bonds. The molecule has 0 saturated heterocycles. The van der Waals surface area contributed by atoms with E-state index in [4.69, 9.17) is 5.73 Å². The molecule has 0 aliphatic carbocycles. The van der Waals surface area contributed by atoms with Crippen LogP contribution in [0.3, 0.4) is 0 Å². The molecule has 0 fully saturated rings. The van der Waals surface area contributed by atoms with Gasteiger partial charge in [-0.2, -0.15) is 4.98 Å². The van der Waals surface area contributed by atoms with Gasteiger partial charge in [-0.15, -0.1) is 5.10 Å². The third-order valence-corrected chi connectivity index (χ3v) is 2.78. The van der Waals surface area contributed by atoms with Gasteiger partial charge in [-0.3, -0.25) is 14.7 Å². The smallest absolute Gasteiger partial charge is 0.293 e. The van der Waals surface area contributed by atoms with Gasteiger partial charge in [-0.1, -0.05) is 12.1 Å². The van der Waals surface area contributed by atoms with Crippen molar-refractivity contribution in [3.63, 3.8) is 0 Å². The standard InChI is InChI=1S/C13H16N6O2/c1-19(2)10(20)7-8-3-5-9(6-4-8)15-12(21)11-16-13(14)18-17-11/h3-6H,7H2,1-2H3,(H,15,21)(H3,14,16,17,18). The molecular weight excluding hydrogens is 272 g/mol. The molecular formula is C13H16N6O2. The Morgan fingerprint density at radius 2 is 1.95 bits per heavy atom. The maximum absolute atomic E-state index is 11.8. The SMILES string of the molecule is CN(C)C(=O)Cc1ccc(NC(=O)c2nc(N)n[nH]2)cc1. The number of nitrogens with one attached hydrogen (secondary N) is 2. The highest BCUT2D eigenvalue weighted by Gasteiger charge is 2.11. The van der Waals surface area contributed by atoms with E-state index in [1.54, 1.807) is 38.4 Å². The van der Waals surface area contributed by atoms with Crippen molar-refractivity contribution in [2.45, 2.75) is 6.42 Å². The lowest BCUT2D eigenvalue weighted by molar-refractivity contribution is -0.127. The number of carbonyl (C=O) groups excluding carboxylic acids is 2. The average Bonchev–Trinajstić information content (AvgIpc) is 2.87. The van der Waals surface area contributed by atoms with E-state index in [9.17, 15) is 9.59 Å². The minimum atomic E-state index is -0.434. The van der Waals surface area contributed by atoms with Crippen LogP contribution >= 0.6 is 0 Å². The van der Waals surface area contributed by atoms with Gasteiger partial charge in [0.2, 0.25) is 17.7 Å². The molecule has 1 aromatic carbocycles. The number of carbonyl (C=O) groups is 2. The normalized spacial score (nSPS) is 10.2. The number of aromatic amines is 1. The number of benzene rings is 1. The van der Waals surface area contributed by atoms with Gasteiger partial charge >= 0.3 is 0 Å². The van der Waals surface area contributed by atoms with Crippen molar-refractivity contribution >= 4 is 23.5 Å². The number of aromatic nitrogens is 3. The first-order valence-electron chi connectivity index (χ1n) is 6.24. The van der Waals surface area contributed by atoms with E-state index in [1.165, 1.54) is 4.90 Å². The molecule has 8 nitrogen and oxygen atoms in total. The summed E-state index contributed by atoms with van der Waals surface area (Å²) in [6.45, 7) is 0. The molecule has 21 heavy (non-hydrogen) atoms. The summed E-state index contributed by atoms with van der Waals surface area (Å²) >= 11 is 0. The zero-order valence-electron chi connectivity index (χ0n) is 11.8. The number of likely N-dealkylation sites (N-methyl/N-ethyl adjacent to an activating group) is 1. The highest BCUT2D eigenvalue weighted by molar-refractivity contribution is 6.01. The Labute approximate surface area is 121 Å². The first kappa shape index (κ1) is 14.5. The lowest BCUT2D eigenvalue weighted by atomic mass is 10.1. The van der Waals surface area contributed by atoms with Crippen molar-refractivity contribution in [1.82, 2.24) is 20.1 Å². The minimum Gasteiger partial charge on any atom is -0.366 e. The summed E-state index contributed by atoms with van der Waals surface area (Å²) in [6.07, 6.45) is 0.319. The van der Waals surface area contributed by atoms with E-state index in [2.05, 4.69) is 20.5 Å². The summed E-state index contributed by atoms with van der Waals surface area (Å²) in [5, 5.41) is 8.66. The highest BCUT2D eigenvalue weighted by Crippen LogP contribution is 2.11. The van der Waals surface area contributed by atoms with Crippen LogP contribution in [0.25, 0.3) is 0 Å². The Morgan fingerprint density at radius 3 is 2.48 bits per heavy atom. The van der Waals surface area contributed by atoms with Crippen molar-refractivity contribution in [3.8, 4) is 0 Å². The number of anilines is 2.